The molecule has 0 unspecified atom stereocenters. The second-order valence-corrected chi connectivity index (χ2v) is 10.2. The van der Waals surface area contributed by atoms with Crippen molar-refractivity contribution in [2.75, 3.05) is 7.05 Å². The van der Waals surface area contributed by atoms with Gasteiger partial charge in [0.15, 0.2) is 4.80 Å². The van der Waals surface area contributed by atoms with Gasteiger partial charge in [0.1, 0.15) is 5.76 Å². The van der Waals surface area contributed by atoms with Gasteiger partial charge in [0.25, 0.3) is 11.6 Å². The van der Waals surface area contributed by atoms with E-state index in [1.807, 2.05) is 0 Å². The van der Waals surface area contributed by atoms with E-state index in [1.165, 1.54) is 49.7 Å². The van der Waals surface area contributed by atoms with Crippen molar-refractivity contribution in [2.24, 2.45) is 12.0 Å². The molecule has 0 saturated carbocycles. The Bertz CT molecular complexity index is 1520. The lowest BCUT2D eigenvalue weighted by molar-refractivity contribution is -0.384. The minimum absolute atomic E-state index is 0.0350. The summed E-state index contributed by atoms with van der Waals surface area (Å²) in [5.41, 5.74) is 0.875. The van der Waals surface area contributed by atoms with Gasteiger partial charge in [0.05, 0.1) is 32.8 Å². The molecule has 0 aliphatic rings. The average molecular weight is 487 g/mol. The number of sulfonamides is 1. The zero-order valence-electron chi connectivity index (χ0n) is 17.5. The second-order valence-electron chi connectivity index (χ2n) is 7.13. The van der Waals surface area contributed by atoms with Gasteiger partial charge in [-0.05, 0) is 42.5 Å². The molecule has 2 aromatic heterocycles. The highest BCUT2D eigenvalue weighted by molar-refractivity contribution is 7.89. The molecule has 33 heavy (non-hydrogen) atoms. The van der Waals surface area contributed by atoms with Gasteiger partial charge in [-0.1, -0.05) is 11.3 Å². The fraction of sp³-hybridized carbons (Fsp3) is 0.143. The number of non-ortho nitro benzene ring substituents is 1. The van der Waals surface area contributed by atoms with E-state index in [4.69, 9.17) is 4.42 Å². The van der Waals surface area contributed by atoms with Crippen LogP contribution in [-0.2, 0) is 23.6 Å². The second kappa shape index (κ2) is 8.73. The Morgan fingerprint density at radius 2 is 1.94 bits per heavy atom. The molecule has 0 fully saturated rings. The van der Waals surface area contributed by atoms with Crippen LogP contribution in [0.3, 0.4) is 0 Å². The van der Waals surface area contributed by atoms with Crippen molar-refractivity contribution in [1.29, 1.82) is 0 Å². The molecule has 0 N–H and O–H groups in total. The maximum atomic E-state index is 12.8. The van der Waals surface area contributed by atoms with Crippen molar-refractivity contribution in [2.45, 2.75) is 11.4 Å². The van der Waals surface area contributed by atoms with Crippen molar-refractivity contribution < 1.29 is 22.6 Å². The molecule has 4 rings (SSSR count). The van der Waals surface area contributed by atoms with Gasteiger partial charge in [0, 0.05) is 31.8 Å². The molecule has 2 heterocycles. The summed E-state index contributed by atoms with van der Waals surface area (Å²) in [4.78, 5) is 27.7. The smallest absolute Gasteiger partial charge is 0.279 e. The van der Waals surface area contributed by atoms with Crippen molar-refractivity contribution >= 4 is 43.2 Å². The van der Waals surface area contributed by atoms with Crippen LogP contribution in [0.2, 0.25) is 0 Å². The molecule has 0 spiro atoms. The number of carbonyl (C=O) groups excluding carboxylic acids is 1. The van der Waals surface area contributed by atoms with E-state index in [0.717, 1.165) is 15.6 Å². The number of nitro benzene ring substituents is 1. The Morgan fingerprint density at radius 3 is 2.58 bits per heavy atom. The fourth-order valence-electron chi connectivity index (χ4n) is 3.15. The Morgan fingerprint density at radius 1 is 1.21 bits per heavy atom. The van der Waals surface area contributed by atoms with Gasteiger partial charge in [-0.3, -0.25) is 14.9 Å². The Balaban J connectivity index is 1.59. The molecule has 12 heteroatoms. The molecule has 0 aliphatic carbocycles. The van der Waals surface area contributed by atoms with Gasteiger partial charge in [0.2, 0.25) is 10.0 Å². The van der Waals surface area contributed by atoms with Crippen LogP contribution in [0.1, 0.15) is 16.1 Å². The third-order valence-corrected chi connectivity index (χ3v) is 7.88. The highest BCUT2D eigenvalue weighted by atomic mass is 32.2. The monoisotopic (exact) mass is 486 g/mol. The van der Waals surface area contributed by atoms with Crippen molar-refractivity contribution in [1.82, 2.24) is 8.87 Å². The van der Waals surface area contributed by atoms with E-state index in [2.05, 4.69) is 4.99 Å². The number of aryl methyl sites for hydroxylation is 1. The maximum absolute atomic E-state index is 12.8. The first-order valence-corrected chi connectivity index (χ1v) is 11.8. The predicted octanol–water partition coefficient (Wildman–Crippen LogP) is 3.30. The van der Waals surface area contributed by atoms with Crippen LogP contribution in [0.5, 0.6) is 0 Å². The molecule has 170 valence electrons. The molecule has 0 aliphatic heterocycles. The zero-order valence-corrected chi connectivity index (χ0v) is 19.2. The minimum Gasteiger partial charge on any atom is -0.468 e. The van der Waals surface area contributed by atoms with Gasteiger partial charge < -0.3 is 8.98 Å². The number of carbonyl (C=O) groups is 1. The fourth-order valence-corrected chi connectivity index (χ4v) is 5.34. The molecule has 0 saturated heterocycles. The quantitative estimate of drug-likeness (QED) is 0.304. The van der Waals surface area contributed by atoms with Crippen molar-refractivity contribution in [3.05, 3.63) is 87.1 Å². The minimum atomic E-state index is -3.78. The SMILES string of the molecule is CN(Cc1ccco1)S(=O)(=O)c1ccc(C(=O)N=c2sc3cc([N+](=O)[O-])ccc3n2C)cc1. The number of fused-ring (bicyclic) bond motifs is 1. The van der Waals surface area contributed by atoms with E-state index >= 15 is 0 Å². The van der Waals surface area contributed by atoms with Gasteiger partial charge in [-0.15, -0.1) is 0 Å². The Hall–Kier alpha value is -3.61. The molecule has 10 nitrogen and oxygen atoms in total. The predicted molar refractivity (Wildman–Crippen MR) is 121 cm³/mol. The summed E-state index contributed by atoms with van der Waals surface area (Å²) in [5.74, 6) is -0.0484. The maximum Gasteiger partial charge on any atom is 0.279 e. The lowest BCUT2D eigenvalue weighted by Crippen LogP contribution is -2.26. The third-order valence-electron chi connectivity index (χ3n) is 4.97. The van der Waals surface area contributed by atoms with E-state index in [-0.39, 0.29) is 22.7 Å². The van der Waals surface area contributed by atoms with E-state index in [9.17, 15) is 23.3 Å². The number of amides is 1. The number of nitro groups is 1. The normalized spacial score (nSPS) is 12.5. The first-order chi connectivity index (χ1) is 15.7. The van der Waals surface area contributed by atoms with Crippen molar-refractivity contribution in [3.8, 4) is 0 Å². The molecule has 0 bridgehead atoms. The molecule has 0 radical (unpaired) electrons. The van der Waals surface area contributed by atoms with Crippen LogP contribution >= 0.6 is 11.3 Å². The highest BCUT2D eigenvalue weighted by Gasteiger charge is 2.22. The first kappa shape index (κ1) is 22.6. The molecule has 2 aromatic carbocycles. The average Bonchev–Trinajstić information content (AvgIpc) is 3.41. The summed E-state index contributed by atoms with van der Waals surface area (Å²) in [7, 11) is -0.625. The highest BCUT2D eigenvalue weighted by Crippen LogP contribution is 2.23. The standard InChI is InChI=1S/C21H18N4O6S2/c1-23(13-16-4-3-11-31-16)33(29,30)17-8-5-14(6-9-17)20(26)22-21-24(2)18-10-7-15(25(27)28)12-19(18)32-21/h3-12H,13H2,1-2H3. The molecule has 0 atom stereocenters. The Labute approximate surface area is 192 Å². The topological polar surface area (TPSA) is 128 Å². The van der Waals surface area contributed by atoms with Crippen molar-refractivity contribution in [3.63, 3.8) is 0 Å². The molecule has 1 amide bonds. The number of aromatic nitrogens is 1. The molecular weight excluding hydrogens is 468 g/mol. The Kier molecular flexibility index (Phi) is 5.97. The van der Waals surface area contributed by atoms with E-state index < -0.39 is 20.9 Å². The lowest BCUT2D eigenvalue weighted by Gasteiger charge is -2.16. The largest absolute Gasteiger partial charge is 0.468 e. The summed E-state index contributed by atoms with van der Waals surface area (Å²) in [6.07, 6.45) is 1.47. The summed E-state index contributed by atoms with van der Waals surface area (Å²) in [6.45, 7) is 0.0753. The number of hydrogen-bond acceptors (Lipinski definition) is 7. The lowest BCUT2D eigenvalue weighted by atomic mass is 10.2. The summed E-state index contributed by atoms with van der Waals surface area (Å²) in [6, 6.07) is 13.3. The van der Waals surface area contributed by atoms with Crippen LogP contribution in [0.4, 0.5) is 5.69 Å². The van der Waals surface area contributed by atoms with E-state index in [1.54, 1.807) is 29.8 Å². The number of rotatable bonds is 6. The first-order valence-electron chi connectivity index (χ1n) is 9.58. The number of thiazole rings is 1. The van der Waals surface area contributed by atoms with Crippen LogP contribution in [-0.4, -0.2) is 35.2 Å². The van der Waals surface area contributed by atoms with E-state index in [0.29, 0.717) is 20.8 Å². The van der Waals surface area contributed by atoms with Gasteiger partial charge >= 0.3 is 0 Å². The molecule has 4 aromatic rings. The summed E-state index contributed by atoms with van der Waals surface area (Å²) in [5, 5.41) is 11.0. The van der Waals surface area contributed by atoms with Crippen LogP contribution in [0, 0.1) is 10.1 Å². The zero-order chi connectivity index (χ0) is 23.8. The number of benzene rings is 2. The summed E-state index contributed by atoms with van der Waals surface area (Å²) >= 11 is 1.15. The van der Waals surface area contributed by atoms with Crippen LogP contribution < -0.4 is 4.80 Å². The third kappa shape index (κ3) is 4.49. The number of hydrogen-bond donors (Lipinski definition) is 0. The van der Waals surface area contributed by atoms with Crippen LogP contribution in [0.25, 0.3) is 10.2 Å². The van der Waals surface area contributed by atoms with Crippen LogP contribution in [0.15, 0.2) is 75.2 Å². The number of furan rings is 1. The summed E-state index contributed by atoms with van der Waals surface area (Å²) < 4.78 is 34.2. The number of nitrogens with zero attached hydrogens (tertiary/aromatic N) is 4. The van der Waals surface area contributed by atoms with Gasteiger partial charge in [-0.2, -0.15) is 9.30 Å². The molecular formula is C21H18N4O6S2. The van der Waals surface area contributed by atoms with Gasteiger partial charge in [-0.25, -0.2) is 8.42 Å².